The van der Waals surface area contributed by atoms with E-state index < -0.39 is 0 Å². The van der Waals surface area contributed by atoms with Gasteiger partial charge in [-0.15, -0.1) is 0 Å². The number of thioether (sulfide) groups is 1. The number of pyridine rings is 1. The molecule has 0 amide bonds. The molecule has 5 heteroatoms. The molecule has 2 aliphatic rings. The summed E-state index contributed by atoms with van der Waals surface area (Å²) in [5, 5.41) is 1.75. The quantitative estimate of drug-likeness (QED) is 0.606. The molecule has 1 aromatic carbocycles. The Morgan fingerprint density at radius 2 is 1.86 bits per heavy atom. The lowest BCUT2D eigenvalue weighted by Crippen LogP contribution is -2.29. The minimum Gasteiger partial charge on any atom is -0.344 e. The highest BCUT2D eigenvalue weighted by molar-refractivity contribution is 8.14. The van der Waals surface area contributed by atoms with Gasteiger partial charge in [-0.25, -0.2) is 0 Å². The average Bonchev–Trinajstić information content (AvgIpc) is 3.35. The first kappa shape index (κ1) is 18.5. The number of fused-ring (bicyclic) bond motifs is 1. The zero-order valence-electron chi connectivity index (χ0n) is 17.1. The van der Waals surface area contributed by atoms with Crippen molar-refractivity contribution >= 4 is 16.9 Å². The van der Waals surface area contributed by atoms with E-state index in [0.717, 1.165) is 18.8 Å². The van der Waals surface area contributed by atoms with Crippen LogP contribution in [-0.4, -0.2) is 31.4 Å². The highest BCUT2D eigenvalue weighted by Gasteiger charge is 2.44. The zero-order chi connectivity index (χ0) is 20.0. The van der Waals surface area contributed by atoms with Crippen LogP contribution in [0, 0.1) is 13.8 Å². The van der Waals surface area contributed by atoms with Crippen LogP contribution in [0.4, 0.5) is 0 Å². The van der Waals surface area contributed by atoms with E-state index in [-0.39, 0.29) is 12.1 Å². The van der Waals surface area contributed by atoms with Gasteiger partial charge in [0.15, 0.2) is 5.17 Å². The average molecular weight is 403 g/mol. The molecule has 2 aliphatic heterocycles. The van der Waals surface area contributed by atoms with E-state index in [1.54, 1.807) is 0 Å². The standard InChI is InChI=1S/C24H26N4S/c1-16-13-20(18(3)27(16)15-19-9-5-4-6-10-19)23-22(21-11-7-8-12-25-21)26-24-28(23)14-17(2)29-24/h4-13,17,22-23H,14-15H2,1-3H3/t17-,22-,23+/m0/s1. The first-order chi connectivity index (χ1) is 14.1. The zero-order valence-corrected chi connectivity index (χ0v) is 17.9. The third-order valence-corrected chi connectivity index (χ3v) is 7.10. The minimum atomic E-state index is 0.0527. The van der Waals surface area contributed by atoms with Crippen LogP contribution in [0.2, 0.25) is 0 Å². The summed E-state index contributed by atoms with van der Waals surface area (Å²) in [5.41, 5.74) is 6.40. The summed E-state index contributed by atoms with van der Waals surface area (Å²) in [7, 11) is 0. The molecule has 3 aromatic rings. The van der Waals surface area contributed by atoms with Gasteiger partial charge in [-0.05, 0) is 43.2 Å². The maximum atomic E-state index is 5.13. The predicted molar refractivity (Wildman–Crippen MR) is 120 cm³/mol. The number of hydrogen-bond donors (Lipinski definition) is 0. The molecule has 0 spiro atoms. The smallest absolute Gasteiger partial charge is 0.160 e. The van der Waals surface area contributed by atoms with Crippen molar-refractivity contribution in [3.05, 3.63) is 89.0 Å². The second-order valence-corrected chi connectivity index (χ2v) is 9.44. The number of aromatic nitrogens is 2. The van der Waals surface area contributed by atoms with Crippen LogP contribution in [0.15, 0.2) is 65.8 Å². The Morgan fingerprint density at radius 1 is 1.07 bits per heavy atom. The number of hydrogen-bond acceptors (Lipinski definition) is 4. The van der Waals surface area contributed by atoms with Crippen LogP contribution in [0.5, 0.6) is 0 Å². The molecule has 0 unspecified atom stereocenters. The van der Waals surface area contributed by atoms with Crippen molar-refractivity contribution in [1.29, 1.82) is 0 Å². The molecule has 1 fully saturated rings. The van der Waals surface area contributed by atoms with Crippen molar-refractivity contribution in [3.63, 3.8) is 0 Å². The highest BCUT2D eigenvalue weighted by atomic mass is 32.2. The van der Waals surface area contributed by atoms with Gasteiger partial charge in [0, 0.05) is 35.9 Å². The molecule has 148 valence electrons. The summed E-state index contributed by atoms with van der Waals surface area (Å²) >= 11 is 1.89. The largest absolute Gasteiger partial charge is 0.344 e. The summed E-state index contributed by atoms with van der Waals surface area (Å²) in [5.74, 6) is 0. The fourth-order valence-electron chi connectivity index (χ4n) is 4.59. The summed E-state index contributed by atoms with van der Waals surface area (Å²) < 4.78 is 2.44. The van der Waals surface area contributed by atoms with E-state index in [9.17, 15) is 0 Å². The van der Waals surface area contributed by atoms with Gasteiger partial charge >= 0.3 is 0 Å². The predicted octanol–water partition coefficient (Wildman–Crippen LogP) is 5.14. The van der Waals surface area contributed by atoms with E-state index in [1.165, 1.54) is 27.7 Å². The van der Waals surface area contributed by atoms with Gasteiger partial charge < -0.3 is 9.47 Å². The van der Waals surface area contributed by atoms with Gasteiger partial charge in [0.05, 0.1) is 11.7 Å². The topological polar surface area (TPSA) is 33.4 Å². The van der Waals surface area contributed by atoms with Crippen LogP contribution in [0.1, 0.15) is 47.2 Å². The lowest BCUT2D eigenvalue weighted by atomic mass is 9.96. The monoisotopic (exact) mass is 402 g/mol. The summed E-state index contributed by atoms with van der Waals surface area (Å²) in [6.45, 7) is 8.70. The molecule has 0 aliphatic carbocycles. The molecule has 0 N–H and O–H groups in total. The molecule has 0 radical (unpaired) electrons. The van der Waals surface area contributed by atoms with Crippen LogP contribution >= 0.6 is 11.8 Å². The molecular weight excluding hydrogens is 376 g/mol. The highest BCUT2D eigenvalue weighted by Crippen LogP contribution is 2.48. The third-order valence-electron chi connectivity index (χ3n) is 6.00. The lowest BCUT2D eigenvalue weighted by Gasteiger charge is -2.27. The number of aryl methyl sites for hydroxylation is 1. The van der Waals surface area contributed by atoms with E-state index in [0.29, 0.717) is 5.25 Å². The van der Waals surface area contributed by atoms with Crippen molar-refractivity contribution < 1.29 is 0 Å². The van der Waals surface area contributed by atoms with Gasteiger partial charge in [-0.2, -0.15) is 0 Å². The van der Waals surface area contributed by atoms with Gasteiger partial charge in [0.1, 0.15) is 6.04 Å². The minimum absolute atomic E-state index is 0.0527. The maximum absolute atomic E-state index is 5.13. The summed E-state index contributed by atoms with van der Waals surface area (Å²) in [4.78, 5) is 12.3. The number of rotatable bonds is 4. The Balaban J connectivity index is 1.55. The Morgan fingerprint density at radius 3 is 2.62 bits per heavy atom. The molecular formula is C24H26N4S. The van der Waals surface area contributed by atoms with Crippen molar-refractivity contribution in [2.45, 2.75) is 44.6 Å². The normalized spacial score (nSPS) is 23.3. The number of benzene rings is 1. The second-order valence-electron chi connectivity index (χ2n) is 8.03. The van der Waals surface area contributed by atoms with E-state index in [1.807, 2.05) is 24.0 Å². The van der Waals surface area contributed by atoms with Gasteiger partial charge in [0.25, 0.3) is 0 Å². The summed E-state index contributed by atoms with van der Waals surface area (Å²) in [6, 6.07) is 19.5. The van der Waals surface area contributed by atoms with Crippen LogP contribution < -0.4 is 0 Å². The van der Waals surface area contributed by atoms with Crippen LogP contribution in [0.25, 0.3) is 0 Å². The third kappa shape index (κ3) is 3.27. The molecule has 0 bridgehead atoms. The molecule has 5 rings (SSSR count). The van der Waals surface area contributed by atoms with Crippen molar-refractivity contribution in [2.75, 3.05) is 6.54 Å². The number of aliphatic imine (C=N–C) groups is 1. The summed E-state index contributed by atoms with van der Waals surface area (Å²) in [6.07, 6.45) is 1.88. The molecule has 29 heavy (non-hydrogen) atoms. The molecule has 0 saturated carbocycles. The van der Waals surface area contributed by atoms with Crippen molar-refractivity contribution in [2.24, 2.45) is 4.99 Å². The Hall–Kier alpha value is -2.53. The Labute approximate surface area is 176 Å². The Bertz CT molecular complexity index is 1040. The molecule has 4 nitrogen and oxygen atoms in total. The van der Waals surface area contributed by atoms with Crippen LogP contribution in [0.3, 0.4) is 0 Å². The molecule has 4 heterocycles. The first-order valence-corrected chi connectivity index (χ1v) is 11.1. The van der Waals surface area contributed by atoms with Crippen molar-refractivity contribution in [3.8, 4) is 0 Å². The number of amidine groups is 1. The first-order valence-electron chi connectivity index (χ1n) is 10.2. The maximum Gasteiger partial charge on any atom is 0.160 e. The van der Waals surface area contributed by atoms with Gasteiger partial charge in [-0.3, -0.25) is 9.98 Å². The van der Waals surface area contributed by atoms with E-state index >= 15 is 0 Å². The molecule has 1 saturated heterocycles. The second kappa shape index (κ2) is 7.38. The van der Waals surface area contributed by atoms with E-state index in [4.69, 9.17) is 4.99 Å². The van der Waals surface area contributed by atoms with Gasteiger partial charge in [-0.1, -0.05) is 55.1 Å². The van der Waals surface area contributed by atoms with Crippen LogP contribution in [-0.2, 0) is 6.54 Å². The van der Waals surface area contributed by atoms with Crippen molar-refractivity contribution in [1.82, 2.24) is 14.5 Å². The Kier molecular flexibility index (Phi) is 4.70. The fourth-order valence-corrected chi connectivity index (χ4v) is 5.68. The molecule has 3 atom stereocenters. The fraction of sp³-hybridized carbons (Fsp3) is 0.333. The lowest BCUT2D eigenvalue weighted by molar-refractivity contribution is 0.320. The SMILES string of the molecule is Cc1cc([C@@H]2[C@H](c3ccccn3)N=C3S[C@@H](C)CN32)c(C)n1Cc1ccccc1. The number of nitrogens with zero attached hydrogens (tertiary/aromatic N) is 4. The van der Waals surface area contributed by atoms with Gasteiger partial charge in [0.2, 0.25) is 0 Å². The molecule has 2 aromatic heterocycles. The van der Waals surface area contributed by atoms with E-state index in [2.05, 4.69) is 83.8 Å².